The normalized spacial score (nSPS) is 17.1. The fourth-order valence-corrected chi connectivity index (χ4v) is 2.80. The van der Waals surface area contributed by atoms with Crippen molar-refractivity contribution in [3.63, 3.8) is 0 Å². The maximum absolute atomic E-state index is 5.95. The zero-order chi connectivity index (χ0) is 13.8. The molecule has 1 heterocycles. The molecule has 20 heavy (non-hydrogen) atoms. The molecule has 0 bridgehead atoms. The third kappa shape index (κ3) is 3.15. The molecule has 2 aromatic carbocycles. The van der Waals surface area contributed by atoms with Gasteiger partial charge in [0, 0.05) is 11.4 Å². The summed E-state index contributed by atoms with van der Waals surface area (Å²) >= 11 is 3.49. The molecule has 3 rings (SSSR count). The first-order valence-corrected chi connectivity index (χ1v) is 7.99. The molecule has 0 aliphatic carbocycles. The second-order valence-electron chi connectivity index (χ2n) is 4.98. The lowest BCUT2D eigenvalue weighted by molar-refractivity contribution is 0.196. The Kier molecular flexibility index (Phi) is 4.26. The molecule has 2 aromatic rings. The Morgan fingerprint density at radius 3 is 2.80 bits per heavy atom. The van der Waals surface area contributed by atoms with E-state index in [9.17, 15) is 0 Å². The highest BCUT2D eigenvalue weighted by atomic mass is 79.9. The van der Waals surface area contributed by atoms with E-state index >= 15 is 0 Å². The van der Waals surface area contributed by atoms with E-state index in [-0.39, 0.29) is 6.10 Å². The molecular weight excluding hydrogens is 316 g/mol. The van der Waals surface area contributed by atoms with Crippen LogP contribution in [0.3, 0.4) is 0 Å². The summed E-state index contributed by atoms with van der Waals surface area (Å²) in [5.74, 6) is 1.83. The number of hydrogen-bond acceptors (Lipinski definition) is 2. The van der Waals surface area contributed by atoms with Crippen LogP contribution in [-0.2, 0) is 13.0 Å². The number of hydrogen-bond donors (Lipinski definition) is 0. The van der Waals surface area contributed by atoms with Gasteiger partial charge in [-0.1, -0.05) is 52.3 Å². The SMILES string of the molecule is BrC[C@@H]1CCc2ccc(OCc3ccccc3)cc2O1. The number of aryl methyl sites for hydroxylation is 1. The molecule has 1 aliphatic heterocycles. The van der Waals surface area contributed by atoms with Gasteiger partial charge in [0.05, 0.1) is 0 Å². The Balaban J connectivity index is 1.69. The molecule has 0 N–H and O–H groups in total. The highest BCUT2D eigenvalue weighted by molar-refractivity contribution is 9.09. The van der Waals surface area contributed by atoms with Gasteiger partial charge >= 0.3 is 0 Å². The van der Waals surface area contributed by atoms with Crippen LogP contribution in [0.5, 0.6) is 11.5 Å². The molecule has 3 heteroatoms. The Hall–Kier alpha value is -1.48. The molecule has 0 unspecified atom stereocenters. The van der Waals surface area contributed by atoms with Crippen LogP contribution < -0.4 is 9.47 Å². The lowest BCUT2D eigenvalue weighted by Crippen LogP contribution is -2.23. The van der Waals surface area contributed by atoms with Crippen LogP contribution in [0.4, 0.5) is 0 Å². The van der Waals surface area contributed by atoms with Gasteiger partial charge in [-0.25, -0.2) is 0 Å². The summed E-state index contributed by atoms with van der Waals surface area (Å²) in [6.07, 6.45) is 2.42. The minimum Gasteiger partial charge on any atom is -0.489 e. The zero-order valence-corrected chi connectivity index (χ0v) is 12.8. The van der Waals surface area contributed by atoms with E-state index in [1.807, 2.05) is 30.3 Å². The predicted octanol–water partition coefficient (Wildman–Crippen LogP) is 4.35. The molecule has 0 saturated heterocycles. The third-order valence-corrected chi connectivity index (χ3v) is 4.21. The van der Waals surface area contributed by atoms with Crippen LogP contribution in [0, 0.1) is 0 Å². The van der Waals surface area contributed by atoms with Crippen molar-refractivity contribution in [1.82, 2.24) is 0 Å². The van der Waals surface area contributed by atoms with Gasteiger partial charge in [0.2, 0.25) is 0 Å². The standard InChI is InChI=1S/C17H17BrO2/c18-11-16-9-7-14-6-8-15(10-17(14)20-16)19-12-13-4-2-1-3-5-13/h1-6,8,10,16H,7,9,11-12H2/t16-/m0/s1. The van der Waals surface area contributed by atoms with E-state index in [0.29, 0.717) is 6.61 Å². The van der Waals surface area contributed by atoms with Crippen LogP contribution in [0.25, 0.3) is 0 Å². The van der Waals surface area contributed by atoms with E-state index in [1.165, 1.54) is 11.1 Å². The molecule has 104 valence electrons. The van der Waals surface area contributed by atoms with E-state index in [0.717, 1.165) is 29.7 Å². The van der Waals surface area contributed by atoms with E-state index < -0.39 is 0 Å². The summed E-state index contributed by atoms with van der Waals surface area (Å²) in [4.78, 5) is 0. The van der Waals surface area contributed by atoms with Gasteiger partial charge in [-0.2, -0.15) is 0 Å². The summed E-state index contributed by atoms with van der Waals surface area (Å²) in [7, 11) is 0. The summed E-state index contributed by atoms with van der Waals surface area (Å²) in [5, 5.41) is 0.877. The molecule has 2 nitrogen and oxygen atoms in total. The van der Waals surface area contributed by atoms with Gasteiger partial charge in [-0.3, -0.25) is 0 Å². The zero-order valence-electron chi connectivity index (χ0n) is 11.2. The minimum atomic E-state index is 0.270. The molecular formula is C17H17BrO2. The fraction of sp³-hybridized carbons (Fsp3) is 0.294. The van der Waals surface area contributed by atoms with Crippen molar-refractivity contribution in [2.24, 2.45) is 0 Å². The van der Waals surface area contributed by atoms with E-state index in [1.54, 1.807) is 0 Å². The largest absolute Gasteiger partial charge is 0.489 e. The van der Waals surface area contributed by atoms with Crippen molar-refractivity contribution in [1.29, 1.82) is 0 Å². The summed E-state index contributed by atoms with van der Waals surface area (Å²) in [6.45, 7) is 0.585. The lowest BCUT2D eigenvalue weighted by atomic mass is 10.0. The molecule has 1 atom stereocenters. The van der Waals surface area contributed by atoms with Crippen molar-refractivity contribution < 1.29 is 9.47 Å². The number of benzene rings is 2. The maximum atomic E-state index is 5.95. The number of alkyl halides is 1. The first-order chi connectivity index (χ1) is 9.85. The summed E-state index contributed by atoms with van der Waals surface area (Å²) < 4.78 is 11.8. The highest BCUT2D eigenvalue weighted by Gasteiger charge is 2.19. The monoisotopic (exact) mass is 332 g/mol. The van der Waals surface area contributed by atoms with Crippen molar-refractivity contribution in [3.8, 4) is 11.5 Å². The third-order valence-electron chi connectivity index (χ3n) is 3.49. The van der Waals surface area contributed by atoms with Gasteiger partial charge < -0.3 is 9.47 Å². The molecule has 0 fully saturated rings. The van der Waals surface area contributed by atoms with Crippen LogP contribution in [0.2, 0.25) is 0 Å². The summed E-state index contributed by atoms with van der Waals surface area (Å²) in [6, 6.07) is 16.3. The fourth-order valence-electron chi connectivity index (χ4n) is 2.35. The first-order valence-electron chi connectivity index (χ1n) is 6.87. The van der Waals surface area contributed by atoms with Crippen molar-refractivity contribution in [3.05, 3.63) is 59.7 Å². The molecule has 0 saturated carbocycles. The predicted molar refractivity (Wildman–Crippen MR) is 83.7 cm³/mol. The quantitative estimate of drug-likeness (QED) is 0.775. The Morgan fingerprint density at radius 2 is 2.00 bits per heavy atom. The Morgan fingerprint density at radius 1 is 1.15 bits per heavy atom. The average Bonchev–Trinajstić information content (AvgIpc) is 2.53. The van der Waals surface area contributed by atoms with Crippen molar-refractivity contribution >= 4 is 15.9 Å². The number of ether oxygens (including phenoxy) is 2. The second-order valence-corrected chi connectivity index (χ2v) is 5.62. The molecule has 0 amide bonds. The van der Waals surface area contributed by atoms with Crippen LogP contribution in [0.15, 0.2) is 48.5 Å². The molecule has 0 aromatic heterocycles. The lowest BCUT2D eigenvalue weighted by Gasteiger charge is -2.25. The van der Waals surface area contributed by atoms with Gasteiger partial charge in [0.1, 0.15) is 24.2 Å². The number of halogens is 1. The van der Waals surface area contributed by atoms with Crippen molar-refractivity contribution in [2.45, 2.75) is 25.6 Å². The summed E-state index contributed by atoms with van der Waals surface area (Å²) in [5.41, 5.74) is 2.44. The van der Waals surface area contributed by atoms with Gasteiger partial charge in [0.25, 0.3) is 0 Å². The first kappa shape index (κ1) is 13.5. The van der Waals surface area contributed by atoms with E-state index in [4.69, 9.17) is 9.47 Å². The minimum absolute atomic E-state index is 0.270. The molecule has 0 spiro atoms. The van der Waals surface area contributed by atoms with Crippen molar-refractivity contribution in [2.75, 3.05) is 5.33 Å². The van der Waals surface area contributed by atoms with Crippen LogP contribution in [0.1, 0.15) is 17.5 Å². The highest BCUT2D eigenvalue weighted by Crippen LogP contribution is 2.32. The smallest absolute Gasteiger partial charge is 0.126 e. The van der Waals surface area contributed by atoms with Gasteiger partial charge in [-0.15, -0.1) is 0 Å². The molecule has 1 aliphatic rings. The number of rotatable bonds is 4. The number of fused-ring (bicyclic) bond motifs is 1. The van der Waals surface area contributed by atoms with Crippen LogP contribution >= 0.6 is 15.9 Å². The average molecular weight is 333 g/mol. The molecule has 0 radical (unpaired) electrons. The van der Waals surface area contributed by atoms with E-state index in [2.05, 4.69) is 34.1 Å². The second kappa shape index (κ2) is 6.31. The maximum Gasteiger partial charge on any atom is 0.126 e. The Labute approximate surface area is 127 Å². The van der Waals surface area contributed by atoms with Gasteiger partial charge in [-0.05, 0) is 30.0 Å². The Bertz CT molecular complexity index is 568. The topological polar surface area (TPSA) is 18.5 Å². The van der Waals surface area contributed by atoms with Crippen LogP contribution in [-0.4, -0.2) is 11.4 Å². The van der Waals surface area contributed by atoms with Gasteiger partial charge in [0.15, 0.2) is 0 Å².